The zero-order valence-electron chi connectivity index (χ0n) is 26.2. The molecule has 2 aliphatic heterocycles. The van der Waals surface area contributed by atoms with Crippen LogP contribution in [0, 0.1) is 0 Å². The van der Waals surface area contributed by atoms with E-state index >= 15 is 0 Å². The smallest absolute Gasteiger partial charge is 0.324 e. The fourth-order valence-corrected chi connectivity index (χ4v) is 7.43. The molecule has 14 heteroatoms. The summed E-state index contributed by atoms with van der Waals surface area (Å²) in [7, 11) is 0. The highest BCUT2D eigenvalue weighted by Crippen LogP contribution is 2.37. The van der Waals surface area contributed by atoms with Crippen LogP contribution in [0.5, 0.6) is 0 Å². The maximum Gasteiger partial charge on any atom is 0.325 e. The molecule has 250 valence electrons. The number of benzene rings is 2. The van der Waals surface area contributed by atoms with E-state index in [1.807, 2.05) is 13.8 Å². The first-order chi connectivity index (χ1) is 22.4. The van der Waals surface area contributed by atoms with Gasteiger partial charge in [-0.2, -0.15) is 0 Å². The molecule has 2 aromatic carbocycles. The molecule has 2 atom stereocenters. The van der Waals surface area contributed by atoms with E-state index in [1.54, 1.807) is 48.5 Å². The number of imide groups is 2. The second-order valence-electron chi connectivity index (χ2n) is 12.3. The number of halogens is 2. The van der Waals surface area contributed by atoms with E-state index in [9.17, 15) is 28.8 Å². The van der Waals surface area contributed by atoms with Crippen LogP contribution in [0.25, 0.3) is 0 Å². The minimum Gasteiger partial charge on any atom is -0.324 e. The predicted molar refractivity (Wildman–Crippen MR) is 182 cm³/mol. The molecule has 2 heterocycles. The van der Waals surface area contributed by atoms with Gasteiger partial charge in [0.05, 0.1) is 0 Å². The Morgan fingerprint density at radius 1 is 0.702 bits per heavy atom. The summed E-state index contributed by atoms with van der Waals surface area (Å²) in [5.74, 6) is -3.19. The highest BCUT2D eigenvalue weighted by molar-refractivity contribution is 9.10. The summed E-state index contributed by atoms with van der Waals surface area (Å²) < 4.78 is 1.49. The van der Waals surface area contributed by atoms with E-state index in [1.165, 1.54) is 0 Å². The molecule has 0 bridgehead atoms. The number of rotatable bonds is 11. The van der Waals surface area contributed by atoms with Gasteiger partial charge in [-0.1, -0.05) is 77.8 Å². The molecule has 1 spiro atoms. The van der Waals surface area contributed by atoms with Crippen molar-refractivity contribution in [3.63, 3.8) is 0 Å². The molecule has 2 aromatic rings. The summed E-state index contributed by atoms with van der Waals surface area (Å²) in [5.41, 5.74) is -1.93. The highest BCUT2D eigenvalue weighted by Gasteiger charge is 2.61. The first-order valence-corrected chi connectivity index (χ1v) is 17.5. The quantitative estimate of drug-likeness (QED) is 0.216. The zero-order valence-corrected chi connectivity index (χ0v) is 29.4. The van der Waals surface area contributed by atoms with Crippen LogP contribution in [0.3, 0.4) is 0 Å². The first-order valence-electron chi connectivity index (χ1n) is 15.9. The van der Waals surface area contributed by atoms with Crippen molar-refractivity contribution in [2.75, 3.05) is 10.6 Å². The standard InChI is InChI=1S/C33H38Br2N6O6/c1-3-16-32(17-4-2)28(44)40(30(46)38-32)24(26(42)36-22-12-8-20(34)9-13-22)25(27(43)37-23-14-10-21(35)11-15-23)41-29(45)33(39-31(41)47)18-6-5-7-19-33/h8-15,24-25H,3-7,16-19H2,1-2H3,(H,36,42)(H,37,43)(H,38,46)(H,39,47). The van der Waals surface area contributed by atoms with Gasteiger partial charge in [0.1, 0.15) is 11.1 Å². The van der Waals surface area contributed by atoms with Crippen LogP contribution in [0.2, 0.25) is 0 Å². The monoisotopic (exact) mass is 772 g/mol. The van der Waals surface area contributed by atoms with Gasteiger partial charge in [-0.05, 0) is 74.2 Å². The molecule has 3 aliphatic rings. The summed E-state index contributed by atoms with van der Waals surface area (Å²) >= 11 is 6.72. The average molecular weight is 775 g/mol. The maximum atomic E-state index is 14.4. The molecular weight excluding hydrogens is 736 g/mol. The maximum absolute atomic E-state index is 14.4. The van der Waals surface area contributed by atoms with Crippen molar-refractivity contribution >= 4 is 78.9 Å². The molecule has 0 radical (unpaired) electrons. The summed E-state index contributed by atoms with van der Waals surface area (Å²) in [6.07, 6.45) is 4.69. The van der Waals surface area contributed by atoms with E-state index in [2.05, 4.69) is 53.1 Å². The van der Waals surface area contributed by atoms with Gasteiger partial charge in [-0.15, -0.1) is 0 Å². The number of carbonyl (C=O) groups excluding carboxylic acids is 6. The minimum absolute atomic E-state index is 0.297. The number of nitrogens with zero attached hydrogens (tertiary/aromatic N) is 2. The van der Waals surface area contributed by atoms with Crippen molar-refractivity contribution in [3.05, 3.63) is 57.5 Å². The summed E-state index contributed by atoms with van der Waals surface area (Å²) in [4.78, 5) is 86.6. The third kappa shape index (κ3) is 6.80. The molecule has 5 rings (SSSR count). The largest absolute Gasteiger partial charge is 0.325 e. The molecule has 0 aromatic heterocycles. The number of nitrogens with one attached hydrogen (secondary N) is 4. The Hall–Kier alpha value is -3.78. The zero-order chi connectivity index (χ0) is 33.9. The molecule has 1 aliphatic carbocycles. The van der Waals surface area contributed by atoms with Crippen LogP contribution >= 0.6 is 31.9 Å². The van der Waals surface area contributed by atoms with Gasteiger partial charge >= 0.3 is 12.1 Å². The Kier molecular flexibility index (Phi) is 10.4. The molecular formula is C33H38Br2N6O6. The van der Waals surface area contributed by atoms with Crippen molar-refractivity contribution in [2.24, 2.45) is 0 Å². The highest BCUT2D eigenvalue weighted by atomic mass is 79.9. The van der Waals surface area contributed by atoms with E-state index in [0.717, 1.165) is 25.2 Å². The minimum atomic E-state index is -1.91. The molecule has 2 saturated heterocycles. The topological polar surface area (TPSA) is 157 Å². The van der Waals surface area contributed by atoms with Gasteiger partial charge in [0.15, 0.2) is 12.1 Å². The SMILES string of the molecule is CCCC1(CCC)NC(=O)N(C(C(=O)Nc2ccc(Br)cc2)C(C(=O)Nc2ccc(Br)cc2)N2C(=O)NC3(CCCCC3)C2=O)C1=O. The van der Waals surface area contributed by atoms with Gasteiger partial charge in [-0.3, -0.25) is 19.2 Å². The molecule has 12 nitrogen and oxygen atoms in total. The van der Waals surface area contributed by atoms with Crippen LogP contribution in [0.1, 0.15) is 71.6 Å². The van der Waals surface area contributed by atoms with Crippen molar-refractivity contribution in [1.29, 1.82) is 0 Å². The van der Waals surface area contributed by atoms with Crippen molar-refractivity contribution < 1.29 is 28.8 Å². The number of carbonyl (C=O) groups is 6. The molecule has 8 amide bonds. The fourth-order valence-electron chi connectivity index (χ4n) is 6.90. The third-order valence-corrected chi connectivity index (χ3v) is 10.1. The number of hydrogen-bond acceptors (Lipinski definition) is 6. The lowest BCUT2D eigenvalue weighted by molar-refractivity contribution is -0.145. The molecule has 1 saturated carbocycles. The third-order valence-electron chi connectivity index (χ3n) is 9.06. The van der Waals surface area contributed by atoms with E-state index in [-0.39, 0.29) is 0 Å². The van der Waals surface area contributed by atoms with Gasteiger partial charge in [0, 0.05) is 20.3 Å². The number of amides is 8. The van der Waals surface area contributed by atoms with Gasteiger partial charge in [0.25, 0.3) is 11.8 Å². The van der Waals surface area contributed by atoms with Crippen molar-refractivity contribution in [2.45, 2.75) is 94.8 Å². The average Bonchev–Trinajstić information content (AvgIpc) is 3.41. The first kappa shape index (κ1) is 34.6. The Labute approximate surface area is 290 Å². The van der Waals surface area contributed by atoms with Gasteiger partial charge in [0.2, 0.25) is 11.8 Å². The number of anilines is 2. The number of urea groups is 2. The Balaban J connectivity index is 1.65. The summed E-state index contributed by atoms with van der Waals surface area (Å²) in [6, 6.07) is 7.60. The van der Waals surface area contributed by atoms with Gasteiger partial charge in [-0.25, -0.2) is 19.4 Å². The Morgan fingerprint density at radius 3 is 1.57 bits per heavy atom. The van der Waals surface area contributed by atoms with Crippen LogP contribution < -0.4 is 21.3 Å². The predicted octanol–water partition coefficient (Wildman–Crippen LogP) is 5.67. The normalized spacial score (nSPS) is 19.7. The number of hydrogen-bond donors (Lipinski definition) is 4. The summed E-state index contributed by atoms with van der Waals surface area (Å²) in [6.45, 7) is 3.76. The molecule has 47 heavy (non-hydrogen) atoms. The van der Waals surface area contributed by atoms with Crippen molar-refractivity contribution in [3.8, 4) is 0 Å². The lowest BCUT2D eigenvalue weighted by Gasteiger charge is -2.36. The van der Waals surface area contributed by atoms with Gasteiger partial charge < -0.3 is 21.3 Å². The van der Waals surface area contributed by atoms with E-state index < -0.39 is 58.9 Å². The van der Waals surface area contributed by atoms with Crippen LogP contribution in [-0.4, -0.2) is 68.7 Å². The van der Waals surface area contributed by atoms with Crippen LogP contribution in [-0.2, 0) is 19.2 Å². The molecule has 4 N–H and O–H groups in total. The Morgan fingerprint density at radius 2 is 1.13 bits per heavy atom. The fraction of sp³-hybridized carbons (Fsp3) is 0.455. The summed E-state index contributed by atoms with van der Waals surface area (Å²) in [5, 5.41) is 11.1. The lowest BCUT2D eigenvalue weighted by Crippen LogP contribution is -2.65. The Bertz CT molecular complexity index is 1550. The van der Waals surface area contributed by atoms with Crippen LogP contribution in [0.4, 0.5) is 21.0 Å². The van der Waals surface area contributed by atoms with Crippen molar-refractivity contribution in [1.82, 2.24) is 20.4 Å². The van der Waals surface area contributed by atoms with E-state index in [4.69, 9.17) is 0 Å². The lowest BCUT2D eigenvalue weighted by atomic mass is 9.81. The van der Waals surface area contributed by atoms with Crippen LogP contribution in [0.15, 0.2) is 57.5 Å². The molecule has 2 unspecified atom stereocenters. The van der Waals surface area contributed by atoms with E-state index in [0.29, 0.717) is 62.7 Å². The second kappa shape index (κ2) is 14.1. The second-order valence-corrected chi connectivity index (χ2v) is 14.1. The molecule has 3 fully saturated rings.